The number of non-ortho nitro benzene ring substituents is 1. The highest BCUT2D eigenvalue weighted by molar-refractivity contribution is 6.33. The van der Waals surface area contributed by atoms with Crippen molar-refractivity contribution < 1.29 is 14.5 Å². The Morgan fingerprint density at radius 1 is 1.29 bits per heavy atom. The Hall–Kier alpha value is -2.60. The molecule has 0 unspecified atom stereocenters. The Bertz CT molecular complexity index is 747. The molecule has 0 aliphatic rings. The first-order chi connectivity index (χ1) is 11.4. The Labute approximate surface area is 144 Å². The third-order valence-electron chi connectivity index (χ3n) is 3.30. The van der Waals surface area contributed by atoms with E-state index in [9.17, 15) is 14.9 Å². The summed E-state index contributed by atoms with van der Waals surface area (Å²) >= 11 is 5.95. The van der Waals surface area contributed by atoms with Gasteiger partial charge < -0.3 is 10.1 Å². The third-order valence-corrected chi connectivity index (χ3v) is 3.63. The quantitative estimate of drug-likeness (QED) is 0.636. The molecule has 1 N–H and O–H groups in total. The van der Waals surface area contributed by atoms with Gasteiger partial charge in [0.15, 0.2) is 0 Å². The maximum atomic E-state index is 12.2. The molecule has 0 heterocycles. The molecule has 0 aromatic heterocycles. The van der Waals surface area contributed by atoms with Crippen LogP contribution in [0.5, 0.6) is 5.75 Å². The van der Waals surface area contributed by atoms with Gasteiger partial charge in [-0.05, 0) is 32.0 Å². The zero-order chi connectivity index (χ0) is 17.7. The number of amides is 1. The lowest BCUT2D eigenvalue weighted by Crippen LogP contribution is -2.36. The van der Waals surface area contributed by atoms with Gasteiger partial charge in [0, 0.05) is 12.1 Å². The molecule has 126 valence electrons. The number of aryl methyl sites for hydroxylation is 1. The zero-order valence-electron chi connectivity index (χ0n) is 13.3. The minimum absolute atomic E-state index is 0.0630. The fraction of sp³-hybridized carbons (Fsp3) is 0.235. The molecule has 2 aromatic carbocycles. The molecule has 6 nitrogen and oxygen atoms in total. The summed E-state index contributed by atoms with van der Waals surface area (Å²) < 4.78 is 5.60. The van der Waals surface area contributed by atoms with E-state index in [1.807, 2.05) is 31.2 Å². The molecule has 0 bridgehead atoms. The van der Waals surface area contributed by atoms with Gasteiger partial charge in [0.2, 0.25) is 0 Å². The number of rotatable bonds is 6. The lowest BCUT2D eigenvalue weighted by Gasteiger charge is -2.15. The highest BCUT2D eigenvalue weighted by Crippen LogP contribution is 2.22. The number of nitrogens with zero attached hydrogens (tertiary/aromatic N) is 1. The monoisotopic (exact) mass is 348 g/mol. The Morgan fingerprint density at radius 2 is 1.96 bits per heavy atom. The van der Waals surface area contributed by atoms with Gasteiger partial charge in [0.25, 0.3) is 11.6 Å². The van der Waals surface area contributed by atoms with Gasteiger partial charge in [-0.1, -0.05) is 29.3 Å². The van der Waals surface area contributed by atoms with E-state index in [0.717, 1.165) is 11.6 Å². The highest BCUT2D eigenvalue weighted by atomic mass is 35.5. The van der Waals surface area contributed by atoms with Crippen LogP contribution in [0.25, 0.3) is 0 Å². The van der Waals surface area contributed by atoms with Crippen LogP contribution in [0.4, 0.5) is 5.69 Å². The van der Waals surface area contributed by atoms with E-state index in [4.69, 9.17) is 16.3 Å². The van der Waals surface area contributed by atoms with Gasteiger partial charge >= 0.3 is 0 Å². The second-order valence-electron chi connectivity index (χ2n) is 5.42. The van der Waals surface area contributed by atoms with Gasteiger partial charge in [-0.2, -0.15) is 0 Å². The van der Waals surface area contributed by atoms with Crippen molar-refractivity contribution in [3.8, 4) is 5.75 Å². The van der Waals surface area contributed by atoms with Crippen LogP contribution in [-0.4, -0.2) is 23.5 Å². The summed E-state index contributed by atoms with van der Waals surface area (Å²) in [6.45, 7) is 4.02. The van der Waals surface area contributed by atoms with Crippen LogP contribution in [-0.2, 0) is 0 Å². The predicted molar refractivity (Wildman–Crippen MR) is 91.7 cm³/mol. The van der Waals surface area contributed by atoms with Gasteiger partial charge in [-0.25, -0.2) is 0 Å². The second-order valence-corrected chi connectivity index (χ2v) is 5.83. The van der Waals surface area contributed by atoms with Crippen molar-refractivity contribution in [2.45, 2.75) is 19.9 Å². The summed E-state index contributed by atoms with van der Waals surface area (Å²) in [5.74, 6) is 0.221. The van der Waals surface area contributed by atoms with Crippen LogP contribution in [0.1, 0.15) is 22.8 Å². The molecule has 0 radical (unpaired) electrons. The lowest BCUT2D eigenvalue weighted by molar-refractivity contribution is -0.384. The maximum absolute atomic E-state index is 12.2. The van der Waals surface area contributed by atoms with Gasteiger partial charge in [0.1, 0.15) is 12.4 Å². The van der Waals surface area contributed by atoms with Crippen LogP contribution in [0.2, 0.25) is 5.02 Å². The van der Waals surface area contributed by atoms with Crippen molar-refractivity contribution in [3.05, 3.63) is 68.7 Å². The molecule has 0 saturated heterocycles. The summed E-state index contributed by atoms with van der Waals surface area (Å²) in [5, 5.41) is 13.7. The SMILES string of the molecule is Cc1ccc(OC[C@@H](C)NC(=O)c2cc([N+](=O)[O-])ccc2Cl)cc1. The summed E-state index contributed by atoms with van der Waals surface area (Å²) in [7, 11) is 0. The average Bonchev–Trinajstić information content (AvgIpc) is 2.54. The van der Waals surface area contributed by atoms with Crippen molar-refractivity contribution >= 4 is 23.2 Å². The number of hydrogen-bond acceptors (Lipinski definition) is 4. The Kier molecular flexibility index (Phi) is 5.76. The van der Waals surface area contributed by atoms with E-state index in [1.165, 1.54) is 12.1 Å². The highest BCUT2D eigenvalue weighted by Gasteiger charge is 2.17. The number of nitro groups is 1. The first kappa shape index (κ1) is 17.7. The predicted octanol–water partition coefficient (Wildman–Crippen LogP) is 3.75. The van der Waals surface area contributed by atoms with E-state index in [2.05, 4.69) is 5.32 Å². The van der Waals surface area contributed by atoms with Crippen LogP contribution in [0.3, 0.4) is 0 Å². The summed E-state index contributed by atoms with van der Waals surface area (Å²) in [5.41, 5.74) is 1.00. The molecule has 2 aromatic rings. The number of nitrogens with one attached hydrogen (secondary N) is 1. The van der Waals surface area contributed by atoms with Crippen molar-refractivity contribution in [3.63, 3.8) is 0 Å². The standard InChI is InChI=1S/C17H17ClN2O4/c1-11-3-6-14(7-4-11)24-10-12(2)19-17(21)15-9-13(20(22)23)5-8-16(15)18/h3-9,12H,10H2,1-2H3,(H,19,21)/t12-/m1/s1. The molecule has 0 spiro atoms. The summed E-state index contributed by atoms with van der Waals surface area (Å²) in [6, 6.07) is 11.0. The fourth-order valence-electron chi connectivity index (χ4n) is 2.00. The minimum Gasteiger partial charge on any atom is -0.491 e. The van der Waals surface area contributed by atoms with E-state index < -0.39 is 10.8 Å². The number of carbonyl (C=O) groups excluding carboxylic acids is 1. The number of benzene rings is 2. The first-order valence-electron chi connectivity index (χ1n) is 7.31. The third kappa shape index (κ3) is 4.70. The summed E-state index contributed by atoms with van der Waals surface area (Å²) in [6.07, 6.45) is 0. The van der Waals surface area contributed by atoms with Crippen LogP contribution >= 0.6 is 11.6 Å². The molecule has 7 heteroatoms. The van der Waals surface area contributed by atoms with Gasteiger partial charge in [0.05, 0.1) is 21.6 Å². The number of hydrogen-bond donors (Lipinski definition) is 1. The lowest BCUT2D eigenvalue weighted by atomic mass is 10.1. The molecular weight excluding hydrogens is 332 g/mol. The average molecular weight is 349 g/mol. The Morgan fingerprint density at radius 3 is 2.58 bits per heavy atom. The van der Waals surface area contributed by atoms with Gasteiger partial charge in [-0.3, -0.25) is 14.9 Å². The van der Waals surface area contributed by atoms with Crippen molar-refractivity contribution in [1.82, 2.24) is 5.32 Å². The zero-order valence-corrected chi connectivity index (χ0v) is 14.0. The number of nitro benzene ring substituents is 1. The van der Waals surface area contributed by atoms with E-state index in [-0.39, 0.29) is 28.9 Å². The number of ether oxygens (including phenoxy) is 1. The number of carbonyl (C=O) groups is 1. The van der Waals surface area contributed by atoms with Crippen molar-refractivity contribution in [2.75, 3.05) is 6.61 Å². The van der Waals surface area contributed by atoms with Gasteiger partial charge in [-0.15, -0.1) is 0 Å². The molecular formula is C17H17ClN2O4. The molecule has 0 aliphatic heterocycles. The normalized spacial score (nSPS) is 11.6. The van der Waals surface area contributed by atoms with Crippen LogP contribution in [0, 0.1) is 17.0 Å². The molecule has 2 rings (SSSR count). The first-order valence-corrected chi connectivity index (χ1v) is 7.69. The largest absolute Gasteiger partial charge is 0.491 e. The maximum Gasteiger partial charge on any atom is 0.270 e. The molecule has 0 fully saturated rings. The van der Waals surface area contributed by atoms with E-state index in [1.54, 1.807) is 6.92 Å². The topological polar surface area (TPSA) is 81.5 Å². The molecule has 0 aliphatic carbocycles. The van der Waals surface area contributed by atoms with E-state index >= 15 is 0 Å². The molecule has 0 saturated carbocycles. The second kappa shape index (κ2) is 7.79. The van der Waals surface area contributed by atoms with E-state index in [0.29, 0.717) is 5.75 Å². The molecule has 24 heavy (non-hydrogen) atoms. The van der Waals surface area contributed by atoms with Crippen LogP contribution < -0.4 is 10.1 Å². The fourth-order valence-corrected chi connectivity index (χ4v) is 2.20. The minimum atomic E-state index is -0.572. The number of halogens is 1. The molecule has 1 amide bonds. The van der Waals surface area contributed by atoms with Crippen molar-refractivity contribution in [2.24, 2.45) is 0 Å². The van der Waals surface area contributed by atoms with Crippen molar-refractivity contribution in [1.29, 1.82) is 0 Å². The van der Waals surface area contributed by atoms with Crippen LogP contribution in [0.15, 0.2) is 42.5 Å². The molecule has 1 atom stereocenters. The smallest absolute Gasteiger partial charge is 0.270 e. The summed E-state index contributed by atoms with van der Waals surface area (Å²) in [4.78, 5) is 22.5. The Balaban J connectivity index is 1.97.